The van der Waals surface area contributed by atoms with Crippen LogP contribution < -0.4 is 4.72 Å². The zero-order chi connectivity index (χ0) is 13.9. The first kappa shape index (κ1) is 15.0. The Morgan fingerprint density at radius 2 is 1.94 bits per heavy atom. The smallest absolute Gasteiger partial charge is 0.243 e. The van der Waals surface area contributed by atoms with Gasteiger partial charge in [0, 0.05) is 6.54 Å². The van der Waals surface area contributed by atoms with Crippen LogP contribution in [0.2, 0.25) is 0 Å². The monoisotopic (exact) mass is 279 g/mol. The Labute approximate surface area is 105 Å². The number of aliphatic hydroxyl groups is 1. The molecule has 0 bridgehead atoms. The van der Waals surface area contributed by atoms with E-state index in [1.165, 1.54) is 0 Å². The molecule has 0 fully saturated rings. The van der Waals surface area contributed by atoms with E-state index in [1.54, 1.807) is 13.8 Å². The van der Waals surface area contributed by atoms with Crippen LogP contribution in [0.25, 0.3) is 0 Å². The summed E-state index contributed by atoms with van der Waals surface area (Å²) >= 11 is 0. The maximum atomic E-state index is 13.3. The predicted octanol–water partition coefficient (Wildman–Crippen LogP) is 1.26. The van der Waals surface area contributed by atoms with Crippen molar-refractivity contribution in [2.24, 2.45) is 5.92 Å². The van der Waals surface area contributed by atoms with Crippen LogP contribution in [0.15, 0.2) is 23.1 Å². The highest BCUT2D eigenvalue weighted by Gasteiger charge is 2.21. The minimum atomic E-state index is -4.17. The molecule has 0 aliphatic carbocycles. The molecular formula is C11H15F2NO3S. The summed E-state index contributed by atoms with van der Waals surface area (Å²) in [6.45, 7) is 3.17. The number of nitrogens with one attached hydrogen (secondary N) is 1. The van der Waals surface area contributed by atoms with E-state index in [1.807, 2.05) is 4.72 Å². The fourth-order valence-electron chi connectivity index (χ4n) is 1.19. The molecule has 0 spiro atoms. The summed E-state index contributed by atoms with van der Waals surface area (Å²) in [6.07, 6.45) is -0.892. The third kappa shape index (κ3) is 3.72. The Balaban J connectivity index is 2.90. The maximum absolute atomic E-state index is 13.3. The average Bonchev–Trinajstić information content (AvgIpc) is 2.29. The lowest BCUT2D eigenvalue weighted by Crippen LogP contribution is -2.35. The van der Waals surface area contributed by atoms with Crippen molar-refractivity contribution in [1.82, 2.24) is 4.72 Å². The topological polar surface area (TPSA) is 66.4 Å². The number of benzene rings is 1. The van der Waals surface area contributed by atoms with Gasteiger partial charge < -0.3 is 5.11 Å². The zero-order valence-electron chi connectivity index (χ0n) is 10.0. The van der Waals surface area contributed by atoms with E-state index in [0.29, 0.717) is 6.07 Å². The highest BCUT2D eigenvalue weighted by Crippen LogP contribution is 2.15. The molecule has 0 saturated carbocycles. The van der Waals surface area contributed by atoms with Crippen LogP contribution in [0.1, 0.15) is 13.8 Å². The highest BCUT2D eigenvalue weighted by atomic mass is 32.2. The summed E-state index contributed by atoms with van der Waals surface area (Å²) in [6, 6.07) is 2.17. The van der Waals surface area contributed by atoms with Crippen molar-refractivity contribution in [3.63, 3.8) is 0 Å². The van der Waals surface area contributed by atoms with Crippen LogP contribution in [0.5, 0.6) is 0 Å². The Bertz CT molecular complexity index is 517. The number of sulfonamides is 1. The molecule has 7 heteroatoms. The van der Waals surface area contributed by atoms with Crippen molar-refractivity contribution >= 4 is 10.0 Å². The van der Waals surface area contributed by atoms with Crippen LogP contribution in [0.4, 0.5) is 8.78 Å². The standard InChI is InChI=1S/C11H15F2NO3S/c1-7(2)10(15)6-14-18(16,17)11-5-8(12)3-4-9(11)13/h3-5,7,10,14-15H,6H2,1-2H3. The van der Waals surface area contributed by atoms with Gasteiger partial charge in [0.1, 0.15) is 16.5 Å². The first-order valence-corrected chi connectivity index (χ1v) is 6.85. The molecule has 0 aromatic heterocycles. The molecule has 18 heavy (non-hydrogen) atoms. The summed E-state index contributed by atoms with van der Waals surface area (Å²) in [5.41, 5.74) is 0. The molecule has 1 aromatic rings. The molecule has 1 atom stereocenters. The van der Waals surface area contributed by atoms with Crippen LogP contribution in [-0.2, 0) is 10.0 Å². The first-order chi connectivity index (χ1) is 8.24. The summed E-state index contributed by atoms with van der Waals surface area (Å²) < 4.78 is 51.6. The second-order valence-electron chi connectivity index (χ2n) is 4.24. The van der Waals surface area contributed by atoms with E-state index < -0.39 is 32.7 Å². The summed E-state index contributed by atoms with van der Waals surface area (Å²) in [5.74, 6) is -2.03. The predicted molar refractivity (Wildman–Crippen MR) is 62.4 cm³/mol. The van der Waals surface area contributed by atoms with Crippen molar-refractivity contribution in [1.29, 1.82) is 0 Å². The lowest BCUT2D eigenvalue weighted by Gasteiger charge is -2.15. The second kappa shape index (κ2) is 5.73. The Kier molecular flexibility index (Phi) is 4.78. The zero-order valence-corrected chi connectivity index (χ0v) is 10.8. The van der Waals surface area contributed by atoms with Gasteiger partial charge in [-0.25, -0.2) is 21.9 Å². The van der Waals surface area contributed by atoms with Gasteiger partial charge in [-0.05, 0) is 24.1 Å². The summed E-state index contributed by atoms with van der Waals surface area (Å²) in [4.78, 5) is -0.765. The van der Waals surface area contributed by atoms with Crippen molar-refractivity contribution in [2.75, 3.05) is 6.54 Å². The minimum absolute atomic E-state index is 0.148. The van der Waals surface area contributed by atoms with Gasteiger partial charge in [-0.3, -0.25) is 0 Å². The van der Waals surface area contributed by atoms with E-state index in [9.17, 15) is 22.3 Å². The molecule has 1 aromatic carbocycles. The van der Waals surface area contributed by atoms with Crippen LogP contribution in [0.3, 0.4) is 0 Å². The van der Waals surface area contributed by atoms with E-state index in [-0.39, 0.29) is 12.5 Å². The lowest BCUT2D eigenvalue weighted by molar-refractivity contribution is 0.129. The number of hydrogen-bond acceptors (Lipinski definition) is 3. The van der Waals surface area contributed by atoms with Crippen molar-refractivity contribution in [3.8, 4) is 0 Å². The number of hydrogen-bond donors (Lipinski definition) is 2. The van der Waals surface area contributed by atoms with E-state index >= 15 is 0 Å². The largest absolute Gasteiger partial charge is 0.391 e. The Morgan fingerprint density at radius 3 is 2.50 bits per heavy atom. The van der Waals surface area contributed by atoms with Crippen LogP contribution in [-0.4, -0.2) is 26.2 Å². The number of rotatable bonds is 5. The molecule has 0 aliphatic rings. The second-order valence-corrected chi connectivity index (χ2v) is 5.97. The average molecular weight is 279 g/mol. The molecule has 0 heterocycles. The molecule has 102 valence electrons. The van der Waals surface area contributed by atoms with Crippen molar-refractivity contribution in [2.45, 2.75) is 24.8 Å². The van der Waals surface area contributed by atoms with Crippen LogP contribution in [0, 0.1) is 17.6 Å². The van der Waals surface area contributed by atoms with E-state index in [4.69, 9.17) is 0 Å². The van der Waals surface area contributed by atoms with Gasteiger partial charge in [0.25, 0.3) is 0 Å². The molecule has 0 saturated heterocycles. The Morgan fingerprint density at radius 1 is 1.33 bits per heavy atom. The van der Waals surface area contributed by atoms with Crippen LogP contribution >= 0.6 is 0 Å². The molecule has 4 nitrogen and oxygen atoms in total. The maximum Gasteiger partial charge on any atom is 0.243 e. The summed E-state index contributed by atoms with van der Waals surface area (Å²) in [5, 5.41) is 9.47. The Hall–Kier alpha value is -1.05. The minimum Gasteiger partial charge on any atom is -0.391 e. The van der Waals surface area contributed by atoms with Gasteiger partial charge in [0.05, 0.1) is 6.10 Å². The molecular weight excluding hydrogens is 264 g/mol. The summed E-state index contributed by atoms with van der Waals surface area (Å²) in [7, 11) is -4.17. The fraction of sp³-hybridized carbons (Fsp3) is 0.455. The molecule has 1 unspecified atom stereocenters. The van der Waals surface area contributed by atoms with E-state index in [2.05, 4.69) is 0 Å². The number of halogens is 2. The highest BCUT2D eigenvalue weighted by molar-refractivity contribution is 7.89. The number of aliphatic hydroxyl groups excluding tert-OH is 1. The van der Waals surface area contributed by atoms with Gasteiger partial charge in [-0.2, -0.15) is 0 Å². The van der Waals surface area contributed by atoms with Crippen molar-refractivity contribution < 1.29 is 22.3 Å². The molecule has 0 aliphatic heterocycles. The first-order valence-electron chi connectivity index (χ1n) is 5.37. The molecule has 2 N–H and O–H groups in total. The normalized spacial score (nSPS) is 13.9. The quantitative estimate of drug-likeness (QED) is 0.852. The van der Waals surface area contributed by atoms with Gasteiger partial charge in [0.15, 0.2) is 0 Å². The molecule has 1 rings (SSSR count). The lowest BCUT2D eigenvalue weighted by atomic mass is 10.1. The SMILES string of the molecule is CC(C)C(O)CNS(=O)(=O)c1cc(F)ccc1F. The third-order valence-corrected chi connectivity index (χ3v) is 3.87. The third-order valence-electron chi connectivity index (χ3n) is 2.43. The molecule has 0 radical (unpaired) electrons. The van der Waals surface area contributed by atoms with Gasteiger partial charge in [0.2, 0.25) is 10.0 Å². The van der Waals surface area contributed by atoms with Gasteiger partial charge >= 0.3 is 0 Å². The molecule has 0 amide bonds. The van der Waals surface area contributed by atoms with Gasteiger partial charge in [-0.1, -0.05) is 13.8 Å². The van der Waals surface area contributed by atoms with Gasteiger partial charge in [-0.15, -0.1) is 0 Å². The fourth-order valence-corrected chi connectivity index (χ4v) is 2.33. The van der Waals surface area contributed by atoms with E-state index in [0.717, 1.165) is 12.1 Å². The van der Waals surface area contributed by atoms with Crippen molar-refractivity contribution in [3.05, 3.63) is 29.8 Å².